The lowest BCUT2D eigenvalue weighted by molar-refractivity contribution is -0.150. The molecule has 0 spiro atoms. The highest BCUT2D eigenvalue weighted by molar-refractivity contribution is 5.93. The quantitative estimate of drug-likeness (QED) is 0.569. The van der Waals surface area contributed by atoms with Gasteiger partial charge in [0.15, 0.2) is 0 Å². The monoisotopic (exact) mass is 253 g/mol. The predicted octanol–water partition coefficient (Wildman–Crippen LogP) is 2.14. The highest BCUT2D eigenvalue weighted by Crippen LogP contribution is 2.19. The first-order chi connectivity index (χ1) is 8.60. The Labute approximate surface area is 109 Å². The van der Waals surface area contributed by atoms with Gasteiger partial charge in [0, 0.05) is 18.7 Å². The Morgan fingerprint density at radius 3 is 2.72 bits per heavy atom. The van der Waals surface area contributed by atoms with Gasteiger partial charge in [0.1, 0.15) is 0 Å². The Kier molecular flexibility index (Phi) is 5.89. The zero-order valence-electron chi connectivity index (χ0n) is 11.6. The molecule has 1 atom stereocenters. The molecule has 1 aliphatic rings. The van der Waals surface area contributed by atoms with Gasteiger partial charge in [-0.2, -0.15) is 0 Å². The van der Waals surface area contributed by atoms with Gasteiger partial charge in [0.25, 0.3) is 0 Å². The number of nitrogens with zero attached hydrogens (tertiary/aromatic N) is 1. The van der Waals surface area contributed by atoms with Crippen LogP contribution in [0.2, 0.25) is 0 Å². The fraction of sp³-hybridized carbons (Fsp3) is 0.714. The first-order valence-electron chi connectivity index (χ1n) is 6.72. The average Bonchev–Trinajstić information content (AvgIpc) is 2.38. The summed E-state index contributed by atoms with van der Waals surface area (Å²) in [5, 5.41) is 0. The zero-order valence-corrected chi connectivity index (χ0v) is 11.6. The second-order valence-corrected chi connectivity index (χ2v) is 4.64. The molecule has 0 aromatic rings. The lowest BCUT2D eigenvalue weighted by atomic mass is 9.97. The molecule has 18 heavy (non-hydrogen) atoms. The number of ether oxygens (including phenoxy) is 1. The molecule has 0 saturated carbocycles. The Morgan fingerprint density at radius 2 is 2.11 bits per heavy atom. The summed E-state index contributed by atoms with van der Waals surface area (Å²) in [4.78, 5) is 25.6. The van der Waals surface area contributed by atoms with Crippen LogP contribution >= 0.6 is 0 Å². The topological polar surface area (TPSA) is 46.6 Å². The summed E-state index contributed by atoms with van der Waals surface area (Å²) in [7, 11) is 0. The van der Waals surface area contributed by atoms with E-state index in [-0.39, 0.29) is 17.8 Å². The Morgan fingerprint density at radius 1 is 1.39 bits per heavy atom. The van der Waals surface area contributed by atoms with Gasteiger partial charge in [-0.25, -0.2) is 0 Å². The maximum atomic E-state index is 12.1. The molecule has 1 heterocycles. The molecule has 0 bridgehead atoms. The van der Waals surface area contributed by atoms with Gasteiger partial charge in [-0.05, 0) is 33.1 Å². The number of carbonyl (C=O) groups is 2. The number of esters is 1. The fourth-order valence-electron chi connectivity index (χ4n) is 2.26. The van der Waals surface area contributed by atoms with Crippen molar-refractivity contribution < 1.29 is 14.3 Å². The van der Waals surface area contributed by atoms with E-state index in [1.807, 2.05) is 19.9 Å². The van der Waals surface area contributed by atoms with Gasteiger partial charge in [0.05, 0.1) is 12.5 Å². The van der Waals surface area contributed by atoms with Crippen LogP contribution in [0.4, 0.5) is 0 Å². The van der Waals surface area contributed by atoms with Crippen molar-refractivity contribution in [1.29, 1.82) is 0 Å². The SMILES string of the molecule is CCC=C(C)C(=O)N1CCCC(C(=O)OCC)C1. The Hall–Kier alpha value is -1.32. The van der Waals surface area contributed by atoms with E-state index in [0.29, 0.717) is 13.2 Å². The molecule has 1 rings (SSSR count). The van der Waals surface area contributed by atoms with Gasteiger partial charge in [-0.3, -0.25) is 9.59 Å². The van der Waals surface area contributed by atoms with Crippen LogP contribution in [-0.4, -0.2) is 36.5 Å². The lowest BCUT2D eigenvalue weighted by Gasteiger charge is -2.31. The highest BCUT2D eigenvalue weighted by Gasteiger charge is 2.29. The number of allylic oxidation sites excluding steroid dienone is 1. The second kappa shape index (κ2) is 7.19. The Bertz CT molecular complexity index is 336. The first-order valence-corrected chi connectivity index (χ1v) is 6.72. The number of carbonyl (C=O) groups excluding carboxylic acids is 2. The highest BCUT2D eigenvalue weighted by atomic mass is 16.5. The van der Waals surface area contributed by atoms with Crippen LogP contribution < -0.4 is 0 Å². The van der Waals surface area contributed by atoms with Crippen molar-refractivity contribution in [2.45, 2.75) is 40.0 Å². The van der Waals surface area contributed by atoms with Crippen LogP contribution in [-0.2, 0) is 14.3 Å². The van der Waals surface area contributed by atoms with E-state index in [2.05, 4.69) is 0 Å². The summed E-state index contributed by atoms with van der Waals surface area (Å²) >= 11 is 0. The number of likely N-dealkylation sites (tertiary alicyclic amines) is 1. The molecule has 102 valence electrons. The van der Waals surface area contributed by atoms with Crippen molar-refractivity contribution in [3.05, 3.63) is 11.6 Å². The molecular formula is C14H23NO3. The van der Waals surface area contributed by atoms with Gasteiger partial charge in [-0.1, -0.05) is 13.0 Å². The van der Waals surface area contributed by atoms with E-state index in [4.69, 9.17) is 4.74 Å². The smallest absolute Gasteiger partial charge is 0.310 e. The molecule has 0 N–H and O–H groups in total. The Balaban J connectivity index is 2.61. The normalized spacial score (nSPS) is 20.7. The molecule has 1 saturated heterocycles. The summed E-state index contributed by atoms with van der Waals surface area (Å²) in [6.07, 6.45) is 4.47. The number of rotatable bonds is 4. The fourth-order valence-corrected chi connectivity index (χ4v) is 2.26. The molecule has 0 radical (unpaired) electrons. The maximum absolute atomic E-state index is 12.1. The van der Waals surface area contributed by atoms with Gasteiger partial charge in [0.2, 0.25) is 5.91 Å². The van der Waals surface area contributed by atoms with Crippen molar-refractivity contribution in [1.82, 2.24) is 4.90 Å². The maximum Gasteiger partial charge on any atom is 0.310 e. The second-order valence-electron chi connectivity index (χ2n) is 4.64. The summed E-state index contributed by atoms with van der Waals surface area (Å²) in [6.45, 7) is 7.28. The molecule has 4 nitrogen and oxygen atoms in total. The number of amides is 1. The van der Waals surface area contributed by atoms with Crippen LogP contribution in [0.1, 0.15) is 40.0 Å². The first kappa shape index (κ1) is 14.7. The van der Waals surface area contributed by atoms with E-state index in [0.717, 1.165) is 31.4 Å². The van der Waals surface area contributed by atoms with Crippen molar-refractivity contribution in [2.75, 3.05) is 19.7 Å². The van der Waals surface area contributed by atoms with Crippen molar-refractivity contribution in [3.8, 4) is 0 Å². The number of hydrogen-bond donors (Lipinski definition) is 0. The van der Waals surface area contributed by atoms with Crippen molar-refractivity contribution >= 4 is 11.9 Å². The molecule has 0 aromatic heterocycles. The molecule has 4 heteroatoms. The summed E-state index contributed by atoms with van der Waals surface area (Å²) in [5.74, 6) is -0.282. The summed E-state index contributed by atoms with van der Waals surface area (Å²) in [6, 6.07) is 0. The third-order valence-electron chi connectivity index (χ3n) is 3.18. The van der Waals surface area contributed by atoms with Crippen LogP contribution in [0.5, 0.6) is 0 Å². The minimum absolute atomic E-state index is 0.0471. The molecule has 1 aliphatic heterocycles. The zero-order chi connectivity index (χ0) is 13.5. The van der Waals surface area contributed by atoms with Gasteiger partial charge in [-0.15, -0.1) is 0 Å². The van der Waals surface area contributed by atoms with Crippen molar-refractivity contribution in [3.63, 3.8) is 0 Å². The molecule has 0 aliphatic carbocycles. The van der Waals surface area contributed by atoms with E-state index in [9.17, 15) is 9.59 Å². The number of piperidine rings is 1. The van der Waals surface area contributed by atoms with Crippen LogP contribution in [0, 0.1) is 5.92 Å². The minimum atomic E-state index is -0.174. The molecule has 1 amide bonds. The molecule has 1 unspecified atom stereocenters. The van der Waals surface area contributed by atoms with Crippen LogP contribution in [0.3, 0.4) is 0 Å². The van der Waals surface area contributed by atoms with Crippen LogP contribution in [0.15, 0.2) is 11.6 Å². The van der Waals surface area contributed by atoms with Crippen LogP contribution in [0.25, 0.3) is 0 Å². The average molecular weight is 253 g/mol. The molecular weight excluding hydrogens is 230 g/mol. The third kappa shape index (κ3) is 3.86. The van der Waals surface area contributed by atoms with Crippen molar-refractivity contribution in [2.24, 2.45) is 5.92 Å². The van der Waals surface area contributed by atoms with E-state index < -0.39 is 0 Å². The van der Waals surface area contributed by atoms with E-state index >= 15 is 0 Å². The number of hydrogen-bond acceptors (Lipinski definition) is 3. The molecule has 1 fully saturated rings. The lowest BCUT2D eigenvalue weighted by Crippen LogP contribution is -2.43. The van der Waals surface area contributed by atoms with E-state index in [1.54, 1.807) is 11.8 Å². The third-order valence-corrected chi connectivity index (χ3v) is 3.18. The van der Waals surface area contributed by atoms with Gasteiger partial charge >= 0.3 is 5.97 Å². The predicted molar refractivity (Wildman–Crippen MR) is 70.0 cm³/mol. The minimum Gasteiger partial charge on any atom is -0.466 e. The van der Waals surface area contributed by atoms with Gasteiger partial charge < -0.3 is 9.64 Å². The summed E-state index contributed by atoms with van der Waals surface area (Å²) < 4.78 is 5.03. The molecule has 0 aromatic carbocycles. The summed E-state index contributed by atoms with van der Waals surface area (Å²) in [5.41, 5.74) is 0.766. The van der Waals surface area contributed by atoms with E-state index in [1.165, 1.54) is 0 Å². The standard InChI is InChI=1S/C14H23NO3/c1-4-7-11(3)13(16)15-9-6-8-12(10-15)14(17)18-5-2/h7,12H,4-6,8-10H2,1-3H3. The largest absolute Gasteiger partial charge is 0.466 e.